The van der Waals surface area contributed by atoms with E-state index in [9.17, 15) is 4.79 Å². The maximum absolute atomic E-state index is 12.4. The molecule has 3 aliphatic rings. The Hall–Kier alpha value is -1.67. The number of rotatable bonds is 5. The van der Waals surface area contributed by atoms with Crippen molar-refractivity contribution in [3.05, 3.63) is 29.3 Å². The molecule has 3 N–H and O–H groups in total. The van der Waals surface area contributed by atoms with Crippen molar-refractivity contribution in [1.82, 2.24) is 21.1 Å². The fraction of sp³-hybridized carbons (Fsp3) is 0.611. The van der Waals surface area contributed by atoms with Crippen molar-refractivity contribution in [1.29, 1.82) is 0 Å². The summed E-state index contributed by atoms with van der Waals surface area (Å²) < 4.78 is 10.9. The fourth-order valence-corrected chi connectivity index (χ4v) is 3.66. The molecule has 7 nitrogen and oxygen atoms in total. The molecule has 1 amide bonds. The summed E-state index contributed by atoms with van der Waals surface area (Å²) in [6, 6.07) is 6.28. The van der Waals surface area contributed by atoms with E-state index < -0.39 is 0 Å². The second-order valence-electron chi connectivity index (χ2n) is 6.84. The largest absolute Gasteiger partial charge is 0.493 e. The Morgan fingerprint density at radius 1 is 1.24 bits per heavy atom. The van der Waals surface area contributed by atoms with Crippen molar-refractivity contribution < 1.29 is 14.3 Å². The molecule has 3 aliphatic heterocycles. The predicted octanol–water partition coefficient (Wildman–Crippen LogP) is -0.0225. The highest BCUT2D eigenvalue weighted by molar-refractivity contribution is 5.82. The molecule has 1 aromatic carbocycles. The number of nitrogens with one attached hydrogen (secondary N) is 3. The van der Waals surface area contributed by atoms with E-state index in [-0.39, 0.29) is 18.0 Å². The fourth-order valence-electron chi connectivity index (χ4n) is 3.66. The van der Waals surface area contributed by atoms with Crippen molar-refractivity contribution in [2.75, 3.05) is 46.0 Å². The van der Waals surface area contributed by atoms with E-state index in [0.717, 1.165) is 58.0 Å². The number of morpholine rings is 1. The van der Waals surface area contributed by atoms with Crippen LogP contribution in [0.1, 0.15) is 23.6 Å². The van der Waals surface area contributed by atoms with Crippen LogP contribution in [0.3, 0.4) is 0 Å². The number of amides is 1. The van der Waals surface area contributed by atoms with Crippen LogP contribution in [0.4, 0.5) is 0 Å². The van der Waals surface area contributed by atoms with E-state index in [1.54, 1.807) is 0 Å². The lowest BCUT2D eigenvalue weighted by atomic mass is 9.99. The van der Waals surface area contributed by atoms with Gasteiger partial charge in [-0.05, 0) is 23.6 Å². The molecule has 2 fully saturated rings. The smallest absolute Gasteiger partial charge is 0.238 e. The van der Waals surface area contributed by atoms with Gasteiger partial charge in [0, 0.05) is 38.6 Å². The van der Waals surface area contributed by atoms with Gasteiger partial charge in [0.05, 0.1) is 19.8 Å². The molecule has 0 radical (unpaired) electrons. The maximum atomic E-state index is 12.4. The molecule has 2 atom stereocenters. The molecule has 0 aliphatic carbocycles. The van der Waals surface area contributed by atoms with Gasteiger partial charge in [-0.25, -0.2) is 10.9 Å². The molecule has 136 valence electrons. The Balaban J connectivity index is 1.25. The van der Waals surface area contributed by atoms with Gasteiger partial charge in [0.15, 0.2) is 0 Å². The first-order valence-electron chi connectivity index (χ1n) is 9.14. The summed E-state index contributed by atoms with van der Waals surface area (Å²) in [6.07, 6.45) is 1.72. The maximum Gasteiger partial charge on any atom is 0.238 e. The summed E-state index contributed by atoms with van der Waals surface area (Å²) in [6.45, 7) is 5.79. The summed E-state index contributed by atoms with van der Waals surface area (Å²) in [7, 11) is 0. The number of hydrogen-bond donors (Lipinski definition) is 3. The van der Waals surface area contributed by atoms with Gasteiger partial charge in [-0.3, -0.25) is 9.69 Å². The molecule has 0 spiro atoms. The molecule has 7 heteroatoms. The highest BCUT2D eigenvalue weighted by atomic mass is 16.5. The van der Waals surface area contributed by atoms with E-state index in [4.69, 9.17) is 9.47 Å². The summed E-state index contributed by atoms with van der Waals surface area (Å²) >= 11 is 0. The second kappa shape index (κ2) is 7.70. The quantitative estimate of drug-likeness (QED) is 0.696. The van der Waals surface area contributed by atoms with Crippen molar-refractivity contribution in [2.24, 2.45) is 0 Å². The average molecular weight is 346 g/mol. The number of carbonyl (C=O) groups is 1. The lowest BCUT2D eigenvalue weighted by Gasteiger charge is -2.26. The first kappa shape index (κ1) is 16.8. The predicted molar refractivity (Wildman–Crippen MR) is 93.3 cm³/mol. The molecular formula is C18H26N4O3. The number of carbonyl (C=O) groups excluding carboxylic acids is 1. The Morgan fingerprint density at radius 3 is 3.00 bits per heavy atom. The molecule has 1 aromatic rings. The second-order valence-corrected chi connectivity index (χ2v) is 6.84. The Kier molecular flexibility index (Phi) is 5.17. The number of fused-ring (bicyclic) bond motifs is 1. The Labute approximate surface area is 148 Å². The number of benzene rings is 1. The third-order valence-corrected chi connectivity index (χ3v) is 5.17. The first-order chi connectivity index (χ1) is 12.3. The monoisotopic (exact) mass is 346 g/mol. The number of hydrogen-bond acceptors (Lipinski definition) is 6. The van der Waals surface area contributed by atoms with Crippen LogP contribution in [0.2, 0.25) is 0 Å². The minimum absolute atomic E-state index is 0.0627. The van der Waals surface area contributed by atoms with Crippen LogP contribution in [0.15, 0.2) is 18.2 Å². The molecule has 2 unspecified atom stereocenters. The molecular weight excluding hydrogens is 320 g/mol. The zero-order valence-corrected chi connectivity index (χ0v) is 14.4. The highest BCUT2D eigenvalue weighted by Gasteiger charge is 2.30. The molecule has 0 bridgehead atoms. The third kappa shape index (κ3) is 3.95. The van der Waals surface area contributed by atoms with Crippen LogP contribution in [0.5, 0.6) is 5.75 Å². The molecule has 0 aromatic heterocycles. The first-order valence-corrected chi connectivity index (χ1v) is 9.14. The zero-order chi connectivity index (χ0) is 17.1. The number of ether oxygens (including phenoxy) is 2. The Morgan fingerprint density at radius 2 is 2.12 bits per heavy atom. The SMILES string of the molecule is O=C(NCCN1CCOCC1)C1CC(c2ccc3c(c2)CCO3)NN1. The van der Waals surface area contributed by atoms with Gasteiger partial charge in [-0.2, -0.15) is 0 Å². The number of hydrazine groups is 1. The van der Waals surface area contributed by atoms with E-state index in [0.29, 0.717) is 6.54 Å². The van der Waals surface area contributed by atoms with Crippen molar-refractivity contribution >= 4 is 5.91 Å². The molecule has 4 rings (SSSR count). The van der Waals surface area contributed by atoms with Crippen molar-refractivity contribution in [2.45, 2.75) is 24.9 Å². The minimum atomic E-state index is -0.195. The highest BCUT2D eigenvalue weighted by Crippen LogP contribution is 2.30. The Bertz CT molecular complexity index is 618. The lowest BCUT2D eigenvalue weighted by Crippen LogP contribution is -2.46. The van der Waals surface area contributed by atoms with E-state index >= 15 is 0 Å². The summed E-state index contributed by atoms with van der Waals surface area (Å²) in [5.74, 6) is 1.06. The minimum Gasteiger partial charge on any atom is -0.493 e. The topological polar surface area (TPSA) is 74.9 Å². The van der Waals surface area contributed by atoms with E-state index in [1.807, 2.05) is 6.07 Å². The van der Waals surface area contributed by atoms with Crippen LogP contribution < -0.4 is 20.9 Å². The summed E-state index contributed by atoms with van der Waals surface area (Å²) in [5, 5.41) is 3.04. The number of nitrogens with zero attached hydrogens (tertiary/aromatic N) is 1. The van der Waals surface area contributed by atoms with Crippen molar-refractivity contribution in [3.8, 4) is 5.75 Å². The zero-order valence-electron chi connectivity index (χ0n) is 14.4. The van der Waals surface area contributed by atoms with Gasteiger partial charge >= 0.3 is 0 Å². The summed E-state index contributed by atoms with van der Waals surface area (Å²) in [4.78, 5) is 14.7. The van der Waals surface area contributed by atoms with Crippen LogP contribution >= 0.6 is 0 Å². The molecule has 25 heavy (non-hydrogen) atoms. The molecule has 3 heterocycles. The van der Waals surface area contributed by atoms with Gasteiger partial charge in [0.25, 0.3) is 0 Å². The van der Waals surface area contributed by atoms with Gasteiger partial charge < -0.3 is 14.8 Å². The van der Waals surface area contributed by atoms with Crippen molar-refractivity contribution in [3.63, 3.8) is 0 Å². The van der Waals surface area contributed by atoms with E-state index in [2.05, 4.69) is 33.2 Å². The van der Waals surface area contributed by atoms with Gasteiger partial charge in [-0.1, -0.05) is 12.1 Å². The normalized spacial score (nSPS) is 26.2. The van der Waals surface area contributed by atoms with Crippen LogP contribution in [-0.4, -0.2) is 62.8 Å². The average Bonchev–Trinajstić information content (AvgIpc) is 3.31. The van der Waals surface area contributed by atoms with E-state index in [1.165, 1.54) is 11.1 Å². The van der Waals surface area contributed by atoms with Gasteiger partial charge in [0.2, 0.25) is 5.91 Å². The van der Waals surface area contributed by atoms with Crippen LogP contribution in [0, 0.1) is 0 Å². The van der Waals surface area contributed by atoms with Gasteiger partial charge in [0.1, 0.15) is 11.8 Å². The lowest BCUT2D eigenvalue weighted by molar-refractivity contribution is -0.123. The van der Waals surface area contributed by atoms with Gasteiger partial charge in [-0.15, -0.1) is 0 Å². The van der Waals surface area contributed by atoms with Crippen LogP contribution in [-0.2, 0) is 16.0 Å². The molecule has 2 saturated heterocycles. The standard InChI is InChI=1S/C18H26N4O3/c23-18(19-4-5-22-6-9-24-10-7-22)16-12-15(20-21-16)13-1-2-17-14(11-13)3-8-25-17/h1-2,11,15-16,20-21H,3-10,12H2,(H,19,23). The van der Waals surface area contributed by atoms with Crippen LogP contribution in [0.25, 0.3) is 0 Å². The molecule has 0 saturated carbocycles. The summed E-state index contributed by atoms with van der Waals surface area (Å²) in [5.41, 5.74) is 8.86. The third-order valence-electron chi connectivity index (χ3n) is 5.17.